The average Bonchev–Trinajstić information content (AvgIpc) is 2.26. The average molecular weight is 228 g/mol. The first-order chi connectivity index (χ1) is 7.38. The maximum Gasteiger partial charge on any atom is 0.416 e. The van der Waals surface area contributed by atoms with E-state index in [1.54, 1.807) is 6.07 Å². The molecular weight excluding hydrogens is 219 g/mol. The Labute approximate surface area is 90.9 Å². The summed E-state index contributed by atoms with van der Waals surface area (Å²) >= 11 is 0. The summed E-state index contributed by atoms with van der Waals surface area (Å²) in [4.78, 5) is 0. The number of nitriles is 1. The first-order valence-corrected chi connectivity index (χ1v) is 4.44. The fourth-order valence-electron chi connectivity index (χ4n) is 1.19. The molecule has 0 spiro atoms. The van der Waals surface area contributed by atoms with Crippen molar-refractivity contribution in [1.29, 1.82) is 5.26 Å². The number of benzene rings is 1. The number of nitrogens with zero attached hydrogens (tertiary/aromatic N) is 1. The summed E-state index contributed by atoms with van der Waals surface area (Å²) in [5.41, 5.74) is -0.721. The molecule has 1 rings (SSSR count). The van der Waals surface area contributed by atoms with E-state index in [1.165, 1.54) is 13.0 Å². The fourth-order valence-corrected chi connectivity index (χ4v) is 1.19. The quantitative estimate of drug-likeness (QED) is 0.845. The first kappa shape index (κ1) is 12.5. The fraction of sp³-hybridized carbons (Fsp3) is 0.273. The lowest BCUT2D eigenvalue weighted by Gasteiger charge is -2.12. The largest absolute Gasteiger partial charge is 0.416 e. The van der Waals surface area contributed by atoms with E-state index in [-0.39, 0.29) is 17.7 Å². The van der Waals surface area contributed by atoms with Crippen LogP contribution in [-0.4, -0.2) is 11.7 Å². The second-order valence-electron chi connectivity index (χ2n) is 3.35. The number of rotatable bonds is 2. The van der Waals surface area contributed by atoms with Crippen molar-refractivity contribution >= 4 is 0 Å². The standard InChI is InChI=1S/C11H9F3NO/c1-7(6-16)9-2-8(5-15)3-10(4-9)11(12,13)14/h2-4,16H,6H2,1H3. The highest BCUT2D eigenvalue weighted by atomic mass is 19.4. The molecule has 0 aliphatic rings. The van der Waals surface area contributed by atoms with Gasteiger partial charge in [0.15, 0.2) is 0 Å². The van der Waals surface area contributed by atoms with Crippen LogP contribution in [0.3, 0.4) is 0 Å². The zero-order chi connectivity index (χ0) is 12.3. The van der Waals surface area contributed by atoms with Gasteiger partial charge in [0.25, 0.3) is 0 Å². The van der Waals surface area contributed by atoms with Crippen LogP contribution < -0.4 is 0 Å². The predicted molar refractivity (Wildman–Crippen MR) is 51.3 cm³/mol. The molecule has 0 aliphatic carbocycles. The molecule has 0 amide bonds. The highest BCUT2D eigenvalue weighted by Gasteiger charge is 2.31. The molecule has 0 saturated carbocycles. The van der Waals surface area contributed by atoms with Gasteiger partial charge in [-0.2, -0.15) is 18.4 Å². The molecule has 85 valence electrons. The summed E-state index contributed by atoms with van der Waals surface area (Å²) in [5, 5.41) is 17.5. The molecule has 1 radical (unpaired) electrons. The number of aliphatic hydroxyl groups is 1. The number of hydrogen-bond donors (Lipinski definition) is 1. The van der Waals surface area contributed by atoms with E-state index in [0.717, 1.165) is 12.1 Å². The van der Waals surface area contributed by atoms with E-state index in [4.69, 9.17) is 10.4 Å². The van der Waals surface area contributed by atoms with Gasteiger partial charge in [0.1, 0.15) is 0 Å². The van der Waals surface area contributed by atoms with E-state index < -0.39 is 11.7 Å². The third-order valence-corrected chi connectivity index (χ3v) is 2.12. The minimum absolute atomic E-state index is 0.0716. The Morgan fingerprint density at radius 2 is 2.00 bits per heavy atom. The third kappa shape index (κ3) is 2.74. The summed E-state index contributed by atoms with van der Waals surface area (Å²) in [6.45, 7) is 1.17. The van der Waals surface area contributed by atoms with E-state index in [0.29, 0.717) is 5.92 Å². The van der Waals surface area contributed by atoms with Gasteiger partial charge in [0.05, 0.1) is 23.8 Å². The van der Waals surface area contributed by atoms with Crippen LogP contribution in [0, 0.1) is 17.2 Å². The van der Waals surface area contributed by atoms with Gasteiger partial charge in [-0.25, -0.2) is 0 Å². The monoisotopic (exact) mass is 228 g/mol. The first-order valence-electron chi connectivity index (χ1n) is 4.44. The predicted octanol–water partition coefficient (Wildman–Crippen LogP) is 2.51. The van der Waals surface area contributed by atoms with Crippen LogP contribution in [0.1, 0.15) is 23.6 Å². The van der Waals surface area contributed by atoms with Crippen molar-refractivity contribution < 1.29 is 18.3 Å². The van der Waals surface area contributed by atoms with E-state index in [1.807, 2.05) is 0 Å². The number of hydrogen-bond acceptors (Lipinski definition) is 2. The Morgan fingerprint density at radius 1 is 1.38 bits per heavy atom. The van der Waals surface area contributed by atoms with Crippen LogP contribution in [0.25, 0.3) is 0 Å². The van der Waals surface area contributed by atoms with Crippen molar-refractivity contribution in [2.75, 3.05) is 6.61 Å². The van der Waals surface area contributed by atoms with Crippen molar-refractivity contribution in [3.05, 3.63) is 40.8 Å². The van der Waals surface area contributed by atoms with Crippen LogP contribution in [0.5, 0.6) is 0 Å². The number of aliphatic hydroxyl groups excluding tert-OH is 1. The SMILES string of the molecule is C[C](CO)c1cc(C#N)cc(C(F)(F)F)c1. The molecule has 0 aromatic heterocycles. The second-order valence-corrected chi connectivity index (χ2v) is 3.35. The Morgan fingerprint density at radius 3 is 2.44 bits per heavy atom. The highest BCUT2D eigenvalue weighted by molar-refractivity contribution is 5.43. The minimum Gasteiger partial charge on any atom is -0.395 e. The van der Waals surface area contributed by atoms with Gasteiger partial charge in [0, 0.05) is 5.92 Å². The van der Waals surface area contributed by atoms with E-state index in [9.17, 15) is 13.2 Å². The molecule has 0 bridgehead atoms. The van der Waals surface area contributed by atoms with Gasteiger partial charge in [-0.15, -0.1) is 0 Å². The number of halogens is 3. The minimum atomic E-state index is -4.49. The molecule has 16 heavy (non-hydrogen) atoms. The number of alkyl halides is 3. The molecule has 0 atom stereocenters. The van der Waals surface area contributed by atoms with Gasteiger partial charge in [-0.05, 0) is 23.8 Å². The Bertz CT molecular complexity index is 420. The molecule has 1 aromatic rings. The lowest BCUT2D eigenvalue weighted by molar-refractivity contribution is -0.137. The molecule has 0 saturated heterocycles. The van der Waals surface area contributed by atoms with E-state index >= 15 is 0 Å². The molecule has 2 nitrogen and oxygen atoms in total. The molecular formula is C11H9F3NO. The van der Waals surface area contributed by atoms with Gasteiger partial charge >= 0.3 is 6.18 Å². The smallest absolute Gasteiger partial charge is 0.395 e. The van der Waals surface area contributed by atoms with Crippen LogP contribution in [0.15, 0.2) is 18.2 Å². The van der Waals surface area contributed by atoms with Crippen molar-refractivity contribution in [3.63, 3.8) is 0 Å². The van der Waals surface area contributed by atoms with Gasteiger partial charge in [-0.3, -0.25) is 0 Å². The Hall–Kier alpha value is -1.54. The van der Waals surface area contributed by atoms with E-state index in [2.05, 4.69) is 0 Å². The van der Waals surface area contributed by atoms with Gasteiger partial charge in [0.2, 0.25) is 0 Å². The summed E-state index contributed by atoms with van der Waals surface area (Å²) < 4.78 is 37.4. The summed E-state index contributed by atoms with van der Waals surface area (Å²) in [6, 6.07) is 4.69. The van der Waals surface area contributed by atoms with Crippen molar-refractivity contribution in [2.24, 2.45) is 0 Å². The summed E-state index contributed by atoms with van der Waals surface area (Å²) in [7, 11) is 0. The lowest BCUT2D eigenvalue weighted by atomic mass is 9.97. The zero-order valence-electron chi connectivity index (χ0n) is 8.47. The molecule has 5 heteroatoms. The normalized spacial score (nSPS) is 11.6. The Balaban J connectivity index is 3.28. The molecule has 0 fully saturated rings. The molecule has 0 unspecified atom stereocenters. The topological polar surface area (TPSA) is 44.0 Å². The van der Waals surface area contributed by atoms with Crippen molar-refractivity contribution in [3.8, 4) is 6.07 Å². The third-order valence-electron chi connectivity index (χ3n) is 2.12. The second kappa shape index (κ2) is 4.54. The summed E-state index contributed by atoms with van der Waals surface area (Å²) in [6.07, 6.45) is -4.49. The molecule has 0 aliphatic heterocycles. The lowest BCUT2D eigenvalue weighted by Crippen LogP contribution is -2.08. The van der Waals surface area contributed by atoms with Gasteiger partial charge < -0.3 is 5.11 Å². The molecule has 0 heterocycles. The van der Waals surface area contributed by atoms with Crippen LogP contribution in [-0.2, 0) is 6.18 Å². The summed E-state index contributed by atoms with van der Waals surface area (Å²) in [5.74, 6) is 0.391. The van der Waals surface area contributed by atoms with Crippen molar-refractivity contribution in [1.82, 2.24) is 0 Å². The van der Waals surface area contributed by atoms with Crippen molar-refractivity contribution in [2.45, 2.75) is 13.1 Å². The zero-order valence-corrected chi connectivity index (χ0v) is 8.47. The maximum atomic E-state index is 12.5. The highest BCUT2D eigenvalue weighted by Crippen LogP contribution is 2.31. The molecule has 1 aromatic carbocycles. The maximum absolute atomic E-state index is 12.5. The van der Waals surface area contributed by atoms with Crippen LogP contribution in [0.4, 0.5) is 13.2 Å². The molecule has 1 N–H and O–H groups in total. The van der Waals surface area contributed by atoms with Crippen LogP contribution in [0.2, 0.25) is 0 Å². The van der Waals surface area contributed by atoms with Crippen LogP contribution >= 0.6 is 0 Å². The Kier molecular flexibility index (Phi) is 3.55. The van der Waals surface area contributed by atoms with Gasteiger partial charge in [-0.1, -0.05) is 6.92 Å².